The van der Waals surface area contributed by atoms with Gasteiger partial charge in [0.05, 0.1) is 0 Å². The molecule has 0 aromatic carbocycles. The van der Waals surface area contributed by atoms with Crippen molar-refractivity contribution in [1.82, 2.24) is 5.32 Å². The van der Waals surface area contributed by atoms with Gasteiger partial charge in [-0.1, -0.05) is 46.5 Å². The summed E-state index contributed by atoms with van der Waals surface area (Å²) in [6.07, 6.45) is 13.0. The van der Waals surface area contributed by atoms with Crippen LogP contribution in [0.4, 0.5) is 0 Å². The molecule has 0 saturated heterocycles. The Morgan fingerprint density at radius 2 is 1.68 bits per heavy atom. The molecule has 2 aliphatic carbocycles. The Morgan fingerprint density at radius 1 is 0.947 bits per heavy atom. The third-order valence-electron chi connectivity index (χ3n) is 5.86. The number of nitrogens with one attached hydrogen (secondary N) is 1. The summed E-state index contributed by atoms with van der Waals surface area (Å²) in [5, 5.41) is 3.80. The second-order valence-corrected chi connectivity index (χ2v) is 7.21. The van der Waals surface area contributed by atoms with E-state index in [2.05, 4.69) is 26.1 Å². The van der Waals surface area contributed by atoms with Crippen LogP contribution in [0.5, 0.6) is 0 Å². The molecule has 3 atom stereocenters. The summed E-state index contributed by atoms with van der Waals surface area (Å²) in [4.78, 5) is 0. The maximum absolute atomic E-state index is 3.80. The van der Waals surface area contributed by atoms with E-state index in [9.17, 15) is 0 Å². The lowest BCUT2D eigenvalue weighted by Crippen LogP contribution is -2.35. The largest absolute Gasteiger partial charge is 0.314 e. The maximum atomic E-state index is 3.80. The van der Waals surface area contributed by atoms with Gasteiger partial charge in [-0.25, -0.2) is 0 Å². The highest BCUT2D eigenvalue weighted by atomic mass is 14.9. The van der Waals surface area contributed by atoms with Gasteiger partial charge in [0.15, 0.2) is 0 Å². The summed E-state index contributed by atoms with van der Waals surface area (Å²) in [6, 6.07) is 0.887. The molecule has 1 N–H and O–H groups in total. The Hall–Kier alpha value is -0.0400. The Morgan fingerprint density at radius 3 is 2.26 bits per heavy atom. The molecule has 0 aliphatic heterocycles. The lowest BCUT2D eigenvalue weighted by Gasteiger charge is -2.38. The maximum Gasteiger partial charge on any atom is 0.00683 e. The van der Waals surface area contributed by atoms with Crippen molar-refractivity contribution in [2.24, 2.45) is 23.7 Å². The molecule has 2 fully saturated rings. The van der Waals surface area contributed by atoms with Crippen LogP contribution in [0.3, 0.4) is 0 Å². The molecule has 0 aromatic rings. The van der Waals surface area contributed by atoms with E-state index in [1.807, 2.05) is 0 Å². The Bertz CT molecular complexity index is 242. The molecule has 0 radical (unpaired) electrons. The van der Waals surface area contributed by atoms with Crippen molar-refractivity contribution in [1.29, 1.82) is 0 Å². The Labute approximate surface area is 120 Å². The molecule has 2 saturated carbocycles. The Kier molecular flexibility index (Phi) is 6.19. The molecule has 0 spiro atoms. The van der Waals surface area contributed by atoms with Crippen LogP contribution in [0.1, 0.15) is 78.6 Å². The monoisotopic (exact) mass is 265 g/mol. The predicted octanol–water partition coefficient (Wildman–Crippen LogP) is 5.01. The molecule has 112 valence electrons. The third-order valence-corrected chi connectivity index (χ3v) is 5.86. The zero-order chi connectivity index (χ0) is 13.7. The zero-order valence-electron chi connectivity index (χ0n) is 13.5. The fraction of sp³-hybridized carbons (Fsp3) is 1.00. The smallest absolute Gasteiger partial charge is 0.00683 e. The minimum Gasteiger partial charge on any atom is -0.314 e. The van der Waals surface area contributed by atoms with Gasteiger partial charge in [0.2, 0.25) is 0 Å². The summed E-state index contributed by atoms with van der Waals surface area (Å²) in [5.41, 5.74) is 0. The first-order valence-corrected chi connectivity index (χ1v) is 9.00. The second-order valence-electron chi connectivity index (χ2n) is 7.21. The van der Waals surface area contributed by atoms with E-state index in [0.717, 1.165) is 29.7 Å². The lowest BCUT2D eigenvalue weighted by atomic mass is 9.69. The van der Waals surface area contributed by atoms with Gasteiger partial charge in [-0.15, -0.1) is 0 Å². The molecule has 19 heavy (non-hydrogen) atoms. The fourth-order valence-electron chi connectivity index (χ4n) is 4.01. The average Bonchev–Trinajstić information content (AvgIpc) is 3.27. The predicted molar refractivity (Wildman–Crippen MR) is 84.3 cm³/mol. The van der Waals surface area contributed by atoms with Gasteiger partial charge in [-0.2, -0.15) is 0 Å². The van der Waals surface area contributed by atoms with Gasteiger partial charge in [0.1, 0.15) is 0 Å². The second kappa shape index (κ2) is 7.67. The first-order valence-electron chi connectivity index (χ1n) is 9.00. The van der Waals surface area contributed by atoms with Gasteiger partial charge >= 0.3 is 0 Å². The first-order chi connectivity index (χ1) is 9.26. The SMILES string of the molecule is CCC(CC)CC1CC(CC)CCC1CNC1CC1. The molecule has 0 heterocycles. The zero-order valence-corrected chi connectivity index (χ0v) is 13.5. The van der Waals surface area contributed by atoms with Crippen molar-refractivity contribution < 1.29 is 0 Å². The number of rotatable bonds is 8. The van der Waals surface area contributed by atoms with Gasteiger partial charge in [-0.3, -0.25) is 0 Å². The van der Waals surface area contributed by atoms with Crippen molar-refractivity contribution in [3.8, 4) is 0 Å². The van der Waals surface area contributed by atoms with Crippen LogP contribution in [-0.4, -0.2) is 12.6 Å². The van der Waals surface area contributed by atoms with Crippen LogP contribution in [0.15, 0.2) is 0 Å². The molecule has 0 amide bonds. The van der Waals surface area contributed by atoms with Crippen molar-refractivity contribution >= 4 is 0 Å². The topological polar surface area (TPSA) is 12.0 Å². The molecule has 0 bridgehead atoms. The number of hydrogen-bond donors (Lipinski definition) is 1. The fourth-order valence-corrected chi connectivity index (χ4v) is 4.01. The van der Waals surface area contributed by atoms with Gasteiger partial charge in [0.25, 0.3) is 0 Å². The third kappa shape index (κ3) is 4.77. The molecule has 0 aromatic heterocycles. The van der Waals surface area contributed by atoms with Gasteiger partial charge < -0.3 is 5.32 Å². The van der Waals surface area contributed by atoms with Crippen molar-refractivity contribution in [2.75, 3.05) is 6.54 Å². The minimum absolute atomic E-state index is 0.887. The summed E-state index contributed by atoms with van der Waals surface area (Å²) in [5.74, 6) is 3.99. The van der Waals surface area contributed by atoms with E-state index in [-0.39, 0.29) is 0 Å². The van der Waals surface area contributed by atoms with E-state index in [4.69, 9.17) is 0 Å². The normalized spacial score (nSPS) is 31.9. The van der Waals surface area contributed by atoms with E-state index in [0.29, 0.717) is 0 Å². The molecule has 1 nitrogen and oxygen atoms in total. The van der Waals surface area contributed by atoms with Gasteiger partial charge in [0, 0.05) is 6.04 Å². The van der Waals surface area contributed by atoms with Crippen LogP contribution in [0.2, 0.25) is 0 Å². The average molecular weight is 265 g/mol. The first kappa shape index (κ1) is 15.4. The van der Waals surface area contributed by atoms with Crippen LogP contribution in [0, 0.1) is 23.7 Å². The van der Waals surface area contributed by atoms with Crippen LogP contribution in [-0.2, 0) is 0 Å². The van der Waals surface area contributed by atoms with Crippen LogP contribution >= 0.6 is 0 Å². The molecule has 2 rings (SSSR count). The number of hydrogen-bond acceptors (Lipinski definition) is 1. The summed E-state index contributed by atoms with van der Waals surface area (Å²) >= 11 is 0. The van der Waals surface area contributed by atoms with E-state index in [1.165, 1.54) is 64.3 Å². The Balaban J connectivity index is 1.85. The minimum atomic E-state index is 0.887. The van der Waals surface area contributed by atoms with Crippen molar-refractivity contribution in [3.05, 3.63) is 0 Å². The van der Waals surface area contributed by atoms with Crippen molar-refractivity contribution in [3.63, 3.8) is 0 Å². The van der Waals surface area contributed by atoms with E-state index >= 15 is 0 Å². The molecule has 3 unspecified atom stereocenters. The lowest BCUT2D eigenvalue weighted by molar-refractivity contribution is 0.142. The standard InChI is InChI=1S/C18H35N/c1-4-14(5-2)11-17-12-15(6-3)7-8-16(17)13-19-18-9-10-18/h14-19H,4-13H2,1-3H3. The summed E-state index contributed by atoms with van der Waals surface area (Å²) < 4.78 is 0. The molecular formula is C18H35N. The summed E-state index contributed by atoms with van der Waals surface area (Å²) in [7, 11) is 0. The summed E-state index contributed by atoms with van der Waals surface area (Å²) in [6.45, 7) is 8.46. The van der Waals surface area contributed by atoms with E-state index in [1.54, 1.807) is 0 Å². The highest BCUT2D eigenvalue weighted by Gasteiger charge is 2.32. The molecular weight excluding hydrogens is 230 g/mol. The highest BCUT2D eigenvalue weighted by molar-refractivity contribution is 4.86. The van der Waals surface area contributed by atoms with Crippen LogP contribution < -0.4 is 5.32 Å². The van der Waals surface area contributed by atoms with E-state index < -0.39 is 0 Å². The molecule has 1 heteroatoms. The molecule has 2 aliphatic rings. The van der Waals surface area contributed by atoms with Gasteiger partial charge in [-0.05, 0) is 62.3 Å². The quantitative estimate of drug-likeness (QED) is 0.650. The highest BCUT2D eigenvalue weighted by Crippen LogP contribution is 2.40. The van der Waals surface area contributed by atoms with Crippen LogP contribution in [0.25, 0.3) is 0 Å². The van der Waals surface area contributed by atoms with Crippen molar-refractivity contribution in [2.45, 2.75) is 84.6 Å².